The molecule has 0 aromatic heterocycles. The molecule has 0 N–H and O–H groups in total. The molecule has 1 heteroatoms. The molecule has 240 valence electrons. The molecule has 0 saturated carbocycles. The van der Waals surface area contributed by atoms with Crippen molar-refractivity contribution in [2.24, 2.45) is 0 Å². The van der Waals surface area contributed by atoms with Gasteiger partial charge in [0.25, 0.3) is 0 Å². The third kappa shape index (κ3) is 5.86. The van der Waals surface area contributed by atoms with Crippen molar-refractivity contribution >= 4 is 38.6 Å². The Bertz CT molecular complexity index is 2590. The number of nitrogens with zero attached hydrogens (tertiary/aromatic N) is 1. The molecule has 51 heavy (non-hydrogen) atoms. The fraction of sp³-hybridized carbons (Fsp3) is 0. The molecule has 0 bridgehead atoms. The Morgan fingerprint density at radius 3 is 1.39 bits per heavy atom. The van der Waals surface area contributed by atoms with Gasteiger partial charge in [-0.05, 0) is 97.1 Å². The highest BCUT2D eigenvalue weighted by atomic mass is 15.1. The van der Waals surface area contributed by atoms with Gasteiger partial charge in [0.2, 0.25) is 0 Å². The van der Waals surface area contributed by atoms with Gasteiger partial charge in [0.05, 0.1) is 5.69 Å². The zero-order chi connectivity index (χ0) is 34.0. The third-order valence-electron chi connectivity index (χ3n) is 9.87. The number of rotatable bonds is 7. The summed E-state index contributed by atoms with van der Waals surface area (Å²) in [6, 6.07) is 76.5. The highest BCUT2D eigenvalue weighted by molar-refractivity contribution is 6.14. The third-order valence-corrected chi connectivity index (χ3v) is 9.87. The van der Waals surface area contributed by atoms with E-state index in [4.69, 9.17) is 0 Å². The molecule has 0 spiro atoms. The van der Waals surface area contributed by atoms with Gasteiger partial charge in [-0.15, -0.1) is 0 Å². The molecule has 0 amide bonds. The van der Waals surface area contributed by atoms with E-state index in [0.717, 1.165) is 11.4 Å². The highest BCUT2D eigenvalue weighted by Crippen LogP contribution is 2.42. The number of anilines is 3. The lowest BCUT2D eigenvalue weighted by Crippen LogP contribution is -2.10. The van der Waals surface area contributed by atoms with Gasteiger partial charge in [0.1, 0.15) is 0 Å². The van der Waals surface area contributed by atoms with Crippen LogP contribution in [0.4, 0.5) is 17.1 Å². The lowest BCUT2D eigenvalue weighted by molar-refractivity contribution is 1.30. The molecular formula is C50H35N. The first kappa shape index (κ1) is 30.4. The van der Waals surface area contributed by atoms with Gasteiger partial charge in [-0.1, -0.05) is 176 Å². The van der Waals surface area contributed by atoms with Crippen molar-refractivity contribution in [1.82, 2.24) is 0 Å². The summed E-state index contributed by atoms with van der Waals surface area (Å²) in [4.78, 5) is 2.38. The minimum atomic E-state index is 1.12. The number of fused-ring (bicyclic) bond motifs is 3. The Morgan fingerprint density at radius 1 is 0.255 bits per heavy atom. The molecule has 0 aliphatic heterocycles. The normalized spacial score (nSPS) is 11.1. The van der Waals surface area contributed by atoms with E-state index < -0.39 is 0 Å². The largest absolute Gasteiger partial charge is 0.310 e. The van der Waals surface area contributed by atoms with Crippen molar-refractivity contribution in [3.8, 4) is 44.5 Å². The van der Waals surface area contributed by atoms with Gasteiger partial charge in [-0.25, -0.2) is 0 Å². The second-order valence-corrected chi connectivity index (χ2v) is 13.0. The van der Waals surface area contributed by atoms with Crippen LogP contribution in [0.3, 0.4) is 0 Å². The summed E-state index contributed by atoms with van der Waals surface area (Å²) >= 11 is 0. The molecule has 1 nitrogen and oxygen atoms in total. The Labute approximate surface area is 299 Å². The van der Waals surface area contributed by atoms with Gasteiger partial charge in [0, 0.05) is 16.8 Å². The SMILES string of the molecule is c1ccc(-c2ccc(-c3ccccc3)c(-c3ccc(-c4ccc(N(c5ccccc5)c5cc6ccccc6c6ccccc56)cc4)cc3)c2)cc1. The molecule has 9 rings (SSSR count). The molecule has 0 atom stereocenters. The van der Waals surface area contributed by atoms with E-state index in [1.54, 1.807) is 0 Å². The molecule has 9 aromatic carbocycles. The Morgan fingerprint density at radius 2 is 0.706 bits per heavy atom. The monoisotopic (exact) mass is 649 g/mol. The summed E-state index contributed by atoms with van der Waals surface area (Å²) in [5.74, 6) is 0. The topological polar surface area (TPSA) is 3.24 Å². The summed E-state index contributed by atoms with van der Waals surface area (Å²) in [6.45, 7) is 0. The minimum absolute atomic E-state index is 1.12. The molecule has 0 heterocycles. The van der Waals surface area contributed by atoms with E-state index in [2.05, 4.69) is 217 Å². The summed E-state index contributed by atoms with van der Waals surface area (Å²) in [5.41, 5.74) is 13.1. The number of para-hydroxylation sites is 1. The molecular weight excluding hydrogens is 615 g/mol. The first-order chi connectivity index (χ1) is 25.3. The first-order valence-corrected chi connectivity index (χ1v) is 17.5. The van der Waals surface area contributed by atoms with Gasteiger partial charge in [-0.3, -0.25) is 0 Å². The average molecular weight is 650 g/mol. The predicted molar refractivity (Wildman–Crippen MR) is 218 cm³/mol. The smallest absolute Gasteiger partial charge is 0.0546 e. The summed E-state index contributed by atoms with van der Waals surface area (Å²) in [7, 11) is 0. The van der Waals surface area contributed by atoms with Crippen LogP contribution in [0.25, 0.3) is 66.1 Å². The highest BCUT2D eigenvalue weighted by Gasteiger charge is 2.17. The average Bonchev–Trinajstić information content (AvgIpc) is 3.22. The van der Waals surface area contributed by atoms with Crippen LogP contribution in [0, 0.1) is 0 Å². The van der Waals surface area contributed by atoms with E-state index in [0.29, 0.717) is 0 Å². The van der Waals surface area contributed by atoms with Crippen LogP contribution in [0.2, 0.25) is 0 Å². The molecule has 0 aliphatic carbocycles. The van der Waals surface area contributed by atoms with Crippen molar-refractivity contribution in [1.29, 1.82) is 0 Å². The molecule has 0 aliphatic rings. The predicted octanol–water partition coefficient (Wildman–Crippen LogP) is 14.1. The maximum absolute atomic E-state index is 2.38. The van der Waals surface area contributed by atoms with Crippen LogP contribution in [-0.2, 0) is 0 Å². The lowest BCUT2D eigenvalue weighted by atomic mass is 9.90. The van der Waals surface area contributed by atoms with Crippen molar-refractivity contribution in [2.45, 2.75) is 0 Å². The standard InChI is InChI=1S/C50H35N/c1-4-14-36(15-5-1)41-30-33-46(39-16-6-2-7-17-39)49(34-41)40-26-24-37(25-27-40)38-28-31-44(32-29-38)51(43-19-8-3-9-20-43)50-35-42-18-10-11-21-45(42)47-22-12-13-23-48(47)50/h1-35H. The zero-order valence-corrected chi connectivity index (χ0v) is 28.2. The van der Waals surface area contributed by atoms with Crippen molar-refractivity contribution in [2.75, 3.05) is 4.90 Å². The fourth-order valence-electron chi connectivity index (χ4n) is 7.33. The van der Waals surface area contributed by atoms with E-state index in [-0.39, 0.29) is 0 Å². The van der Waals surface area contributed by atoms with Crippen LogP contribution in [0.5, 0.6) is 0 Å². The minimum Gasteiger partial charge on any atom is -0.310 e. The summed E-state index contributed by atoms with van der Waals surface area (Å²) in [5, 5.41) is 4.98. The zero-order valence-electron chi connectivity index (χ0n) is 28.2. The molecule has 0 fully saturated rings. The van der Waals surface area contributed by atoms with Crippen molar-refractivity contribution in [3.05, 3.63) is 212 Å². The van der Waals surface area contributed by atoms with Crippen LogP contribution >= 0.6 is 0 Å². The Hall–Kier alpha value is -6.70. The Balaban J connectivity index is 1.10. The fourth-order valence-corrected chi connectivity index (χ4v) is 7.33. The number of hydrogen-bond donors (Lipinski definition) is 0. The van der Waals surface area contributed by atoms with Crippen LogP contribution in [-0.4, -0.2) is 0 Å². The Kier molecular flexibility index (Phi) is 7.92. The maximum atomic E-state index is 2.38. The quantitative estimate of drug-likeness (QED) is 0.155. The van der Waals surface area contributed by atoms with Gasteiger partial charge in [0.15, 0.2) is 0 Å². The summed E-state index contributed by atoms with van der Waals surface area (Å²) < 4.78 is 0. The van der Waals surface area contributed by atoms with Crippen LogP contribution in [0.1, 0.15) is 0 Å². The molecule has 0 radical (unpaired) electrons. The lowest BCUT2D eigenvalue weighted by Gasteiger charge is -2.27. The van der Waals surface area contributed by atoms with Gasteiger partial charge >= 0.3 is 0 Å². The van der Waals surface area contributed by atoms with Gasteiger partial charge < -0.3 is 4.90 Å². The maximum Gasteiger partial charge on any atom is 0.0546 e. The van der Waals surface area contributed by atoms with E-state index in [1.807, 2.05) is 0 Å². The second kappa shape index (κ2) is 13.3. The second-order valence-electron chi connectivity index (χ2n) is 13.0. The first-order valence-electron chi connectivity index (χ1n) is 17.5. The van der Waals surface area contributed by atoms with E-state index >= 15 is 0 Å². The van der Waals surface area contributed by atoms with E-state index in [9.17, 15) is 0 Å². The van der Waals surface area contributed by atoms with Crippen LogP contribution < -0.4 is 4.90 Å². The van der Waals surface area contributed by atoms with Crippen molar-refractivity contribution < 1.29 is 0 Å². The van der Waals surface area contributed by atoms with E-state index in [1.165, 1.54) is 71.7 Å². The number of benzene rings is 9. The summed E-state index contributed by atoms with van der Waals surface area (Å²) in [6.07, 6.45) is 0. The van der Waals surface area contributed by atoms with Crippen molar-refractivity contribution in [3.63, 3.8) is 0 Å². The van der Waals surface area contributed by atoms with Gasteiger partial charge in [-0.2, -0.15) is 0 Å². The number of hydrogen-bond acceptors (Lipinski definition) is 1. The van der Waals surface area contributed by atoms with Crippen LogP contribution in [0.15, 0.2) is 212 Å². The molecule has 0 saturated heterocycles. The molecule has 9 aromatic rings. The molecule has 0 unspecified atom stereocenters.